The van der Waals surface area contributed by atoms with Crippen molar-refractivity contribution in [1.29, 1.82) is 0 Å². The molecule has 1 aliphatic carbocycles. The van der Waals surface area contributed by atoms with E-state index in [1.807, 2.05) is 5.38 Å². The number of hydrogen-bond donors (Lipinski definition) is 1. The van der Waals surface area contributed by atoms with Crippen LogP contribution in [0.25, 0.3) is 0 Å². The molecule has 1 N–H and O–H groups in total. The van der Waals surface area contributed by atoms with Crippen LogP contribution in [0.2, 0.25) is 5.15 Å². The summed E-state index contributed by atoms with van der Waals surface area (Å²) in [5.74, 6) is 0.801. The van der Waals surface area contributed by atoms with Crippen molar-refractivity contribution in [3.05, 3.63) is 10.5 Å². The second kappa shape index (κ2) is 3.14. The van der Waals surface area contributed by atoms with Crippen LogP contribution in [-0.4, -0.2) is 11.5 Å². The van der Waals surface area contributed by atoms with Gasteiger partial charge in [-0.1, -0.05) is 25.4 Å². The fraction of sp³-hybridized carbons (Fsp3) is 0.667. The van der Waals surface area contributed by atoms with Crippen LogP contribution >= 0.6 is 22.9 Å². The van der Waals surface area contributed by atoms with Gasteiger partial charge < -0.3 is 5.32 Å². The minimum Gasteiger partial charge on any atom is -0.361 e. The molecular formula is C9H13ClN2S. The van der Waals surface area contributed by atoms with Crippen molar-refractivity contribution in [2.75, 3.05) is 11.9 Å². The van der Waals surface area contributed by atoms with E-state index in [0.717, 1.165) is 17.6 Å². The third-order valence-electron chi connectivity index (χ3n) is 2.69. The van der Waals surface area contributed by atoms with Crippen LogP contribution in [0, 0.1) is 11.3 Å². The Balaban J connectivity index is 1.81. The largest absolute Gasteiger partial charge is 0.361 e. The second-order valence-corrected chi connectivity index (χ2v) is 5.49. The van der Waals surface area contributed by atoms with Crippen LogP contribution in [0.3, 0.4) is 0 Å². The number of anilines is 1. The lowest BCUT2D eigenvalue weighted by molar-refractivity contribution is 0.573. The van der Waals surface area contributed by atoms with Crippen LogP contribution < -0.4 is 5.32 Å². The summed E-state index contributed by atoms with van der Waals surface area (Å²) in [6.07, 6.45) is 1.32. The predicted molar refractivity (Wildman–Crippen MR) is 57.5 cm³/mol. The minimum atomic E-state index is 0.536. The standard InChI is InChI=1S/C9H13ClN2S/c1-9(2)3-6(9)4-11-8-12-7(10)5-13-8/h5-6H,3-4H2,1-2H3,(H,11,12). The lowest BCUT2D eigenvalue weighted by Gasteiger charge is -2.03. The molecule has 1 heterocycles. The van der Waals surface area contributed by atoms with E-state index in [-0.39, 0.29) is 0 Å². The van der Waals surface area contributed by atoms with Crippen LogP contribution in [-0.2, 0) is 0 Å². The molecule has 0 saturated heterocycles. The molecule has 2 rings (SSSR count). The van der Waals surface area contributed by atoms with Crippen molar-refractivity contribution in [2.45, 2.75) is 20.3 Å². The second-order valence-electron chi connectivity index (χ2n) is 4.25. The van der Waals surface area contributed by atoms with Gasteiger partial charge in [-0.2, -0.15) is 0 Å². The minimum absolute atomic E-state index is 0.536. The third kappa shape index (κ3) is 2.15. The number of nitrogens with zero attached hydrogens (tertiary/aromatic N) is 1. The highest BCUT2D eigenvalue weighted by atomic mass is 35.5. The zero-order chi connectivity index (χ0) is 9.47. The van der Waals surface area contributed by atoms with Crippen molar-refractivity contribution in [1.82, 2.24) is 4.98 Å². The maximum absolute atomic E-state index is 5.71. The van der Waals surface area contributed by atoms with Gasteiger partial charge in [-0.05, 0) is 17.8 Å². The summed E-state index contributed by atoms with van der Waals surface area (Å²) < 4.78 is 0. The fourth-order valence-electron chi connectivity index (χ4n) is 1.47. The highest BCUT2D eigenvalue weighted by molar-refractivity contribution is 7.14. The normalized spacial score (nSPS) is 24.4. The van der Waals surface area contributed by atoms with Gasteiger partial charge >= 0.3 is 0 Å². The maximum atomic E-state index is 5.71. The van der Waals surface area contributed by atoms with E-state index in [1.54, 1.807) is 11.3 Å². The van der Waals surface area contributed by atoms with Crippen molar-refractivity contribution >= 4 is 28.1 Å². The van der Waals surface area contributed by atoms with E-state index in [9.17, 15) is 0 Å². The molecule has 0 aromatic carbocycles. The molecule has 13 heavy (non-hydrogen) atoms. The summed E-state index contributed by atoms with van der Waals surface area (Å²) in [6, 6.07) is 0. The highest BCUT2D eigenvalue weighted by Crippen LogP contribution is 2.51. The highest BCUT2D eigenvalue weighted by Gasteiger charge is 2.44. The Kier molecular flexibility index (Phi) is 2.24. The first-order valence-corrected chi connectivity index (χ1v) is 5.68. The summed E-state index contributed by atoms with van der Waals surface area (Å²) in [5, 5.41) is 6.68. The molecule has 1 fully saturated rings. The molecular weight excluding hydrogens is 204 g/mol. The van der Waals surface area contributed by atoms with E-state index in [4.69, 9.17) is 11.6 Å². The Hall–Kier alpha value is -0.280. The monoisotopic (exact) mass is 216 g/mol. The Morgan fingerprint density at radius 1 is 1.77 bits per heavy atom. The number of aromatic nitrogens is 1. The van der Waals surface area contributed by atoms with Gasteiger partial charge in [0.25, 0.3) is 0 Å². The van der Waals surface area contributed by atoms with Gasteiger partial charge in [0.1, 0.15) is 5.15 Å². The topological polar surface area (TPSA) is 24.9 Å². The van der Waals surface area contributed by atoms with E-state index in [2.05, 4.69) is 24.1 Å². The molecule has 0 bridgehead atoms. The van der Waals surface area contributed by atoms with E-state index < -0.39 is 0 Å². The number of thiazole rings is 1. The van der Waals surface area contributed by atoms with Crippen LogP contribution in [0.1, 0.15) is 20.3 Å². The van der Waals surface area contributed by atoms with Gasteiger partial charge in [0.2, 0.25) is 0 Å². The van der Waals surface area contributed by atoms with Crippen molar-refractivity contribution in [2.24, 2.45) is 11.3 Å². The first kappa shape index (κ1) is 9.28. The molecule has 1 atom stereocenters. The molecule has 1 aromatic rings. The molecule has 0 amide bonds. The number of rotatable bonds is 3. The first-order chi connectivity index (χ1) is 6.08. The molecule has 1 aromatic heterocycles. The summed E-state index contributed by atoms with van der Waals surface area (Å²) in [6.45, 7) is 5.62. The predicted octanol–water partition coefficient (Wildman–Crippen LogP) is 3.25. The molecule has 1 aliphatic rings. The quantitative estimate of drug-likeness (QED) is 0.839. The van der Waals surface area contributed by atoms with Gasteiger partial charge in [0.05, 0.1) is 0 Å². The van der Waals surface area contributed by atoms with Crippen LogP contribution in [0.15, 0.2) is 5.38 Å². The van der Waals surface area contributed by atoms with Gasteiger partial charge in [-0.3, -0.25) is 0 Å². The number of nitrogens with one attached hydrogen (secondary N) is 1. The summed E-state index contributed by atoms with van der Waals surface area (Å²) in [4.78, 5) is 4.13. The zero-order valence-electron chi connectivity index (χ0n) is 7.80. The Labute approximate surface area is 87.3 Å². The summed E-state index contributed by atoms with van der Waals surface area (Å²) >= 11 is 7.27. The van der Waals surface area contributed by atoms with Gasteiger partial charge in [0.15, 0.2) is 5.13 Å². The number of hydrogen-bond acceptors (Lipinski definition) is 3. The lowest BCUT2D eigenvalue weighted by atomic mass is 10.1. The smallest absolute Gasteiger partial charge is 0.184 e. The molecule has 72 valence electrons. The average molecular weight is 217 g/mol. The zero-order valence-corrected chi connectivity index (χ0v) is 9.37. The van der Waals surface area contributed by atoms with Crippen LogP contribution in [0.5, 0.6) is 0 Å². The first-order valence-electron chi connectivity index (χ1n) is 4.43. The van der Waals surface area contributed by atoms with E-state index in [1.165, 1.54) is 6.42 Å². The average Bonchev–Trinajstić information content (AvgIpc) is 2.45. The molecule has 0 spiro atoms. The molecule has 1 unspecified atom stereocenters. The Morgan fingerprint density at radius 3 is 2.92 bits per heavy atom. The van der Waals surface area contributed by atoms with Gasteiger partial charge in [-0.25, -0.2) is 4.98 Å². The Bertz CT molecular complexity index is 308. The Morgan fingerprint density at radius 2 is 2.46 bits per heavy atom. The SMILES string of the molecule is CC1(C)CC1CNc1nc(Cl)cs1. The molecule has 2 nitrogen and oxygen atoms in total. The number of halogens is 1. The van der Waals surface area contributed by atoms with E-state index >= 15 is 0 Å². The van der Waals surface area contributed by atoms with Crippen molar-refractivity contribution in [3.63, 3.8) is 0 Å². The van der Waals surface area contributed by atoms with Crippen molar-refractivity contribution < 1.29 is 0 Å². The van der Waals surface area contributed by atoms with Gasteiger partial charge in [-0.15, -0.1) is 11.3 Å². The fourth-order valence-corrected chi connectivity index (χ4v) is 2.32. The van der Waals surface area contributed by atoms with Crippen molar-refractivity contribution in [3.8, 4) is 0 Å². The lowest BCUT2D eigenvalue weighted by Crippen LogP contribution is -2.06. The van der Waals surface area contributed by atoms with Crippen LogP contribution in [0.4, 0.5) is 5.13 Å². The summed E-state index contributed by atoms with van der Waals surface area (Å²) in [7, 11) is 0. The van der Waals surface area contributed by atoms with E-state index in [0.29, 0.717) is 10.6 Å². The molecule has 4 heteroatoms. The molecule has 1 saturated carbocycles. The van der Waals surface area contributed by atoms with Gasteiger partial charge in [0, 0.05) is 11.9 Å². The maximum Gasteiger partial charge on any atom is 0.184 e. The molecule has 0 aliphatic heterocycles. The summed E-state index contributed by atoms with van der Waals surface area (Å²) in [5.41, 5.74) is 0.536. The third-order valence-corrected chi connectivity index (χ3v) is 3.82. The molecule has 0 radical (unpaired) electrons.